The molecule has 104 valence electrons. The molecular weight excluding hydrogens is 240 g/mol. The third-order valence-electron chi connectivity index (χ3n) is 2.88. The molecule has 1 rings (SSSR count). The van der Waals surface area contributed by atoms with E-state index in [1.165, 1.54) is 0 Å². The maximum atomic E-state index is 10.4. The lowest BCUT2D eigenvalue weighted by molar-refractivity contribution is -0.142. The molecule has 0 radical (unpaired) electrons. The molecule has 1 heterocycles. The lowest BCUT2D eigenvalue weighted by Gasteiger charge is -2.34. The van der Waals surface area contributed by atoms with Crippen LogP contribution in [0, 0.1) is 0 Å². The summed E-state index contributed by atoms with van der Waals surface area (Å²) in [7, 11) is 0. The predicted octanol–water partition coefficient (Wildman–Crippen LogP) is -0.820. The average molecular weight is 260 g/mol. The molecule has 0 spiro atoms. The molecule has 18 heavy (non-hydrogen) atoms. The highest BCUT2D eigenvalue weighted by molar-refractivity contribution is 5.68. The van der Waals surface area contributed by atoms with Crippen LogP contribution in [0.15, 0.2) is 0 Å². The number of piperazine rings is 1. The van der Waals surface area contributed by atoms with Gasteiger partial charge in [-0.15, -0.1) is 0 Å². The third kappa shape index (κ3) is 6.53. The lowest BCUT2D eigenvalue weighted by Crippen LogP contribution is -2.47. The fraction of sp³-hybridized carbons (Fsp3) is 0.818. The van der Waals surface area contributed by atoms with Crippen molar-refractivity contribution < 1.29 is 24.5 Å². The molecule has 1 aliphatic rings. The minimum atomic E-state index is -0.950. The number of hydrogen-bond donors (Lipinski definition) is 2. The number of aliphatic carboxylic acids is 2. The maximum Gasteiger partial charge on any atom is 0.329 e. The SMILES string of the molecule is O=C(O)CCN1CCN(CCOCC(=O)O)CC1. The zero-order valence-corrected chi connectivity index (χ0v) is 10.4. The van der Waals surface area contributed by atoms with Crippen molar-refractivity contribution in [1.29, 1.82) is 0 Å². The van der Waals surface area contributed by atoms with Gasteiger partial charge in [-0.05, 0) is 0 Å². The van der Waals surface area contributed by atoms with Crippen LogP contribution in [0.5, 0.6) is 0 Å². The summed E-state index contributed by atoms with van der Waals surface area (Å²) in [5, 5.41) is 17.0. The van der Waals surface area contributed by atoms with Crippen LogP contribution in [0.1, 0.15) is 6.42 Å². The maximum absolute atomic E-state index is 10.4. The molecule has 1 aliphatic heterocycles. The first-order valence-corrected chi connectivity index (χ1v) is 6.04. The van der Waals surface area contributed by atoms with E-state index in [1.54, 1.807) is 0 Å². The number of nitrogens with zero attached hydrogens (tertiary/aromatic N) is 2. The first kappa shape index (κ1) is 14.9. The van der Waals surface area contributed by atoms with Gasteiger partial charge in [0.1, 0.15) is 6.61 Å². The van der Waals surface area contributed by atoms with Crippen molar-refractivity contribution >= 4 is 11.9 Å². The molecular formula is C11H20N2O5. The minimum absolute atomic E-state index is 0.182. The Morgan fingerprint density at radius 1 is 0.944 bits per heavy atom. The minimum Gasteiger partial charge on any atom is -0.481 e. The molecule has 0 aliphatic carbocycles. The van der Waals surface area contributed by atoms with Crippen molar-refractivity contribution in [2.45, 2.75) is 6.42 Å². The highest BCUT2D eigenvalue weighted by atomic mass is 16.5. The van der Waals surface area contributed by atoms with Gasteiger partial charge in [0.25, 0.3) is 0 Å². The standard InChI is InChI=1S/C11H20N2O5/c14-10(15)1-2-12-3-5-13(6-4-12)7-8-18-9-11(16)17/h1-9H2,(H,14,15)(H,16,17). The zero-order valence-electron chi connectivity index (χ0n) is 10.4. The van der Waals surface area contributed by atoms with Gasteiger partial charge in [0, 0.05) is 39.3 Å². The van der Waals surface area contributed by atoms with E-state index in [4.69, 9.17) is 14.9 Å². The second-order valence-electron chi connectivity index (χ2n) is 4.27. The predicted molar refractivity (Wildman–Crippen MR) is 63.6 cm³/mol. The van der Waals surface area contributed by atoms with Gasteiger partial charge in [0.2, 0.25) is 0 Å². The van der Waals surface area contributed by atoms with Crippen molar-refractivity contribution in [2.24, 2.45) is 0 Å². The van der Waals surface area contributed by atoms with Crippen LogP contribution in [0.4, 0.5) is 0 Å². The van der Waals surface area contributed by atoms with E-state index in [0.29, 0.717) is 13.2 Å². The highest BCUT2D eigenvalue weighted by Gasteiger charge is 2.16. The third-order valence-corrected chi connectivity index (χ3v) is 2.88. The van der Waals surface area contributed by atoms with Crippen molar-refractivity contribution in [2.75, 3.05) is 52.5 Å². The monoisotopic (exact) mass is 260 g/mol. The Hall–Kier alpha value is -1.18. The Balaban J connectivity index is 2.04. The summed E-state index contributed by atoms with van der Waals surface area (Å²) in [6.45, 7) is 4.93. The molecule has 0 amide bonds. The van der Waals surface area contributed by atoms with Gasteiger partial charge >= 0.3 is 11.9 Å². The van der Waals surface area contributed by atoms with Crippen molar-refractivity contribution in [1.82, 2.24) is 9.80 Å². The van der Waals surface area contributed by atoms with Crippen LogP contribution in [0.3, 0.4) is 0 Å². The van der Waals surface area contributed by atoms with E-state index in [0.717, 1.165) is 32.7 Å². The molecule has 0 aromatic heterocycles. The molecule has 7 nitrogen and oxygen atoms in total. The molecule has 2 N–H and O–H groups in total. The molecule has 0 aromatic rings. The second kappa shape index (κ2) is 8.02. The number of carboxylic acid groups (broad SMARTS) is 2. The highest BCUT2D eigenvalue weighted by Crippen LogP contribution is 2.02. The number of rotatable bonds is 8. The molecule has 1 saturated heterocycles. The van der Waals surface area contributed by atoms with Gasteiger partial charge in [0.05, 0.1) is 13.0 Å². The molecule has 7 heteroatoms. The topological polar surface area (TPSA) is 90.3 Å². The summed E-state index contributed by atoms with van der Waals surface area (Å²) < 4.78 is 4.97. The Kier molecular flexibility index (Phi) is 6.63. The number of ether oxygens (including phenoxy) is 1. The van der Waals surface area contributed by atoms with E-state index < -0.39 is 11.9 Å². The summed E-state index contributed by atoms with van der Waals surface area (Å²) in [6, 6.07) is 0. The van der Waals surface area contributed by atoms with Gasteiger partial charge in [-0.3, -0.25) is 9.69 Å². The molecule has 0 atom stereocenters. The van der Waals surface area contributed by atoms with Crippen LogP contribution >= 0.6 is 0 Å². The Bertz CT molecular complexity index is 277. The quantitative estimate of drug-likeness (QED) is 0.551. The van der Waals surface area contributed by atoms with Crippen molar-refractivity contribution in [3.8, 4) is 0 Å². The van der Waals surface area contributed by atoms with Crippen molar-refractivity contribution in [3.63, 3.8) is 0 Å². The largest absolute Gasteiger partial charge is 0.481 e. The summed E-state index contributed by atoms with van der Waals surface area (Å²) in [5.74, 6) is -1.71. The van der Waals surface area contributed by atoms with Crippen molar-refractivity contribution in [3.05, 3.63) is 0 Å². The van der Waals surface area contributed by atoms with Crippen LogP contribution < -0.4 is 0 Å². The zero-order chi connectivity index (χ0) is 13.4. The van der Waals surface area contributed by atoms with E-state index in [-0.39, 0.29) is 13.0 Å². The first-order valence-electron chi connectivity index (χ1n) is 6.04. The molecule has 0 unspecified atom stereocenters. The van der Waals surface area contributed by atoms with Crippen LogP contribution in [-0.2, 0) is 14.3 Å². The molecule has 0 aromatic carbocycles. The molecule has 1 fully saturated rings. The second-order valence-corrected chi connectivity index (χ2v) is 4.27. The number of hydrogen-bond acceptors (Lipinski definition) is 5. The fourth-order valence-corrected chi connectivity index (χ4v) is 1.84. The summed E-state index contributed by atoms with van der Waals surface area (Å²) in [4.78, 5) is 25.0. The van der Waals surface area contributed by atoms with Gasteiger partial charge in [-0.2, -0.15) is 0 Å². The van der Waals surface area contributed by atoms with Gasteiger partial charge in [0.15, 0.2) is 0 Å². The summed E-state index contributed by atoms with van der Waals surface area (Å²) >= 11 is 0. The van der Waals surface area contributed by atoms with E-state index in [1.807, 2.05) is 0 Å². The van der Waals surface area contributed by atoms with E-state index in [2.05, 4.69) is 9.80 Å². The Morgan fingerprint density at radius 2 is 1.50 bits per heavy atom. The summed E-state index contributed by atoms with van der Waals surface area (Å²) in [6.07, 6.45) is 0.182. The number of carbonyl (C=O) groups is 2. The normalized spacial score (nSPS) is 17.8. The van der Waals surface area contributed by atoms with Crippen LogP contribution in [-0.4, -0.2) is 84.4 Å². The Labute approximate surface area is 106 Å². The number of carboxylic acids is 2. The van der Waals surface area contributed by atoms with E-state index >= 15 is 0 Å². The average Bonchev–Trinajstić information content (AvgIpc) is 2.33. The molecule has 0 bridgehead atoms. The Morgan fingerprint density at radius 3 is 2.00 bits per heavy atom. The first-order chi connectivity index (χ1) is 8.58. The van der Waals surface area contributed by atoms with Crippen LogP contribution in [0.2, 0.25) is 0 Å². The van der Waals surface area contributed by atoms with Gasteiger partial charge < -0.3 is 19.8 Å². The van der Waals surface area contributed by atoms with Gasteiger partial charge in [-0.1, -0.05) is 0 Å². The lowest BCUT2D eigenvalue weighted by atomic mass is 10.3. The van der Waals surface area contributed by atoms with E-state index in [9.17, 15) is 9.59 Å². The molecule has 0 saturated carbocycles. The fourth-order valence-electron chi connectivity index (χ4n) is 1.84. The van der Waals surface area contributed by atoms with Crippen LogP contribution in [0.25, 0.3) is 0 Å². The summed E-state index contributed by atoms with van der Waals surface area (Å²) in [5.41, 5.74) is 0. The smallest absolute Gasteiger partial charge is 0.329 e. The van der Waals surface area contributed by atoms with Gasteiger partial charge in [-0.25, -0.2) is 4.79 Å².